The zero-order chi connectivity index (χ0) is 15.4. The standard InChI is InChI=1S/C19H25FN2O/c20-14-1-3-17-16(10-14)19(12-21-17)5-7-22(8-6-19)11-13-9-15-2-4-18(13)23-15/h1,3,10,13,15,18,21H,2,4-9,11-12H2/t13-,15-,18+/m1/s1. The minimum absolute atomic E-state index is 0.103. The number of anilines is 1. The van der Waals surface area contributed by atoms with Gasteiger partial charge in [0.05, 0.1) is 12.2 Å². The zero-order valence-electron chi connectivity index (χ0n) is 13.6. The summed E-state index contributed by atoms with van der Waals surface area (Å²) in [7, 11) is 0. The first kappa shape index (κ1) is 14.2. The number of benzene rings is 1. The predicted molar refractivity (Wildman–Crippen MR) is 88.2 cm³/mol. The van der Waals surface area contributed by atoms with Crippen LogP contribution in [-0.2, 0) is 10.2 Å². The Kier molecular flexibility index (Phi) is 3.21. The number of nitrogens with zero attached hydrogens (tertiary/aromatic N) is 1. The van der Waals surface area contributed by atoms with Gasteiger partial charge in [-0.25, -0.2) is 4.39 Å². The van der Waals surface area contributed by atoms with E-state index in [9.17, 15) is 4.39 Å². The predicted octanol–water partition coefficient (Wildman–Crippen LogP) is 3.15. The first-order chi connectivity index (χ1) is 11.2. The van der Waals surface area contributed by atoms with Crippen molar-refractivity contribution in [3.8, 4) is 0 Å². The third kappa shape index (κ3) is 2.30. The Morgan fingerprint density at radius 1 is 1.26 bits per heavy atom. The average Bonchev–Trinajstić information content (AvgIpc) is 3.25. The molecule has 0 saturated carbocycles. The fourth-order valence-electron chi connectivity index (χ4n) is 5.35. The molecule has 4 heteroatoms. The Morgan fingerprint density at radius 3 is 2.87 bits per heavy atom. The van der Waals surface area contributed by atoms with E-state index in [1.54, 1.807) is 12.1 Å². The molecule has 3 fully saturated rings. The first-order valence-electron chi connectivity index (χ1n) is 9.14. The van der Waals surface area contributed by atoms with Crippen LogP contribution in [-0.4, -0.2) is 43.3 Å². The van der Waals surface area contributed by atoms with Gasteiger partial charge in [-0.15, -0.1) is 0 Å². The summed E-state index contributed by atoms with van der Waals surface area (Å²) < 4.78 is 19.7. The number of rotatable bonds is 2. The highest BCUT2D eigenvalue weighted by Crippen LogP contribution is 2.45. The van der Waals surface area contributed by atoms with E-state index >= 15 is 0 Å². The van der Waals surface area contributed by atoms with Gasteiger partial charge >= 0.3 is 0 Å². The molecule has 23 heavy (non-hydrogen) atoms. The SMILES string of the molecule is Fc1ccc2c(c1)C1(CCN(C[C@H]3C[C@H]4CC[C@@H]3O4)CC1)CN2. The van der Waals surface area contributed by atoms with Gasteiger partial charge in [-0.1, -0.05) is 0 Å². The van der Waals surface area contributed by atoms with Crippen LogP contribution in [0.1, 0.15) is 37.7 Å². The van der Waals surface area contributed by atoms with Gasteiger partial charge in [0, 0.05) is 30.1 Å². The molecular weight excluding hydrogens is 291 g/mol. The monoisotopic (exact) mass is 316 g/mol. The summed E-state index contributed by atoms with van der Waals surface area (Å²) in [5.41, 5.74) is 2.50. The molecule has 2 bridgehead atoms. The molecule has 1 N–H and O–H groups in total. The van der Waals surface area contributed by atoms with Gasteiger partial charge in [0.2, 0.25) is 0 Å². The molecule has 4 heterocycles. The largest absolute Gasteiger partial charge is 0.384 e. The van der Waals surface area contributed by atoms with Gasteiger partial charge in [-0.2, -0.15) is 0 Å². The zero-order valence-corrected chi connectivity index (χ0v) is 13.6. The molecule has 0 unspecified atom stereocenters. The van der Waals surface area contributed by atoms with Crippen molar-refractivity contribution in [2.45, 2.75) is 49.7 Å². The molecular formula is C19H25FN2O. The Bertz CT molecular complexity index is 611. The minimum atomic E-state index is -0.103. The highest BCUT2D eigenvalue weighted by atomic mass is 19.1. The second-order valence-electron chi connectivity index (χ2n) is 7.99. The second kappa shape index (κ2) is 5.18. The summed E-state index contributed by atoms with van der Waals surface area (Å²) in [5.74, 6) is 0.641. The molecule has 124 valence electrons. The van der Waals surface area contributed by atoms with Crippen LogP contribution in [0.15, 0.2) is 18.2 Å². The van der Waals surface area contributed by atoms with Gasteiger partial charge in [-0.3, -0.25) is 0 Å². The van der Waals surface area contributed by atoms with E-state index in [0.29, 0.717) is 12.2 Å². The maximum atomic E-state index is 13.7. The van der Waals surface area contributed by atoms with Crippen LogP contribution in [0.4, 0.5) is 10.1 Å². The molecule has 0 radical (unpaired) electrons. The molecule has 0 amide bonds. The van der Waals surface area contributed by atoms with Gasteiger partial charge < -0.3 is 15.0 Å². The molecule has 3 nitrogen and oxygen atoms in total. The highest BCUT2D eigenvalue weighted by Gasteiger charge is 2.44. The number of hydrogen-bond donors (Lipinski definition) is 1. The lowest BCUT2D eigenvalue weighted by Crippen LogP contribution is -2.46. The van der Waals surface area contributed by atoms with Gasteiger partial charge in [0.25, 0.3) is 0 Å². The van der Waals surface area contributed by atoms with E-state index in [2.05, 4.69) is 10.2 Å². The summed E-state index contributed by atoms with van der Waals surface area (Å²) in [6.45, 7) is 4.43. The number of ether oxygens (including phenoxy) is 1. The van der Waals surface area contributed by atoms with Crippen molar-refractivity contribution in [3.05, 3.63) is 29.6 Å². The highest BCUT2D eigenvalue weighted by molar-refractivity contribution is 5.60. The summed E-state index contributed by atoms with van der Waals surface area (Å²) in [4.78, 5) is 2.62. The third-order valence-corrected chi connectivity index (χ3v) is 6.71. The molecule has 0 aromatic heterocycles. The van der Waals surface area contributed by atoms with Crippen LogP contribution in [0.5, 0.6) is 0 Å². The van der Waals surface area contributed by atoms with Crippen LogP contribution < -0.4 is 5.32 Å². The topological polar surface area (TPSA) is 24.5 Å². The van der Waals surface area contributed by atoms with Gasteiger partial charge in [0.15, 0.2) is 0 Å². The number of hydrogen-bond acceptors (Lipinski definition) is 3. The van der Waals surface area contributed by atoms with Crippen LogP contribution >= 0.6 is 0 Å². The molecule has 3 saturated heterocycles. The maximum Gasteiger partial charge on any atom is 0.123 e. The van der Waals surface area contributed by atoms with Crippen molar-refractivity contribution in [1.29, 1.82) is 0 Å². The van der Waals surface area contributed by atoms with Crippen LogP contribution in [0.3, 0.4) is 0 Å². The van der Waals surface area contributed by atoms with E-state index in [1.807, 2.05) is 6.07 Å². The fraction of sp³-hybridized carbons (Fsp3) is 0.684. The molecule has 1 aromatic carbocycles. The lowest BCUT2D eigenvalue weighted by Gasteiger charge is -2.40. The van der Waals surface area contributed by atoms with Crippen molar-refractivity contribution in [2.24, 2.45) is 5.92 Å². The Balaban J connectivity index is 1.26. The molecule has 4 aliphatic heterocycles. The third-order valence-electron chi connectivity index (χ3n) is 6.71. The van der Waals surface area contributed by atoms with E-state index in [1.165, 1.54) is 31.4 Å². The summed E-state index contributed by atoms with van der Waals surface area (Å²) in [6, 6.07) is 5.22. The smallest absolute Gasteiger partial charge is 0.123 e. The minimum Gasteiger partial charge on any atom is -0.384 e. The van der Waals surface area contributed by atoms with Crippen molar-refractivity contribution >= 4 is 5.69 Å². The Labute approximate surface area is 137 Å². The Hall–Kier alpha value is -1.13. The van der Waals surface area contributed by atoms with Crippen molar-refractivity contribution in [3.63, 3.8) is 0 Å². The number of fused-ring (bicyclic) bond motifs is 4. The quantitative estimate of drug-likeness (QED) is 0.907. The number of likely N-dealkylation sites (tertiary alicyclic amines) is 1. The molecule has 3 atom stereocenters. The molecule has 1 aromatic rings. The second-order valence-corrected chi connectivity index (χ2v) is 7.99. The van der Waals surface area contributed by atoms with Gasteiger partial charge in [0.1, 0.15) is 5.82 Å². The summed E-state index contributed by atoms with van der Waals surface area (Å²) in [6.07, 6.45) is 7.16. The molecule has 5 rings (SSSR count). The van der Waals surface area contributed by atoms with Crippen LogP contribution in [0.25, 0.3) is 0 Å². The normalized spacial score (nSPS) is 34.7. The number of piperidine rings is 1. The summed E-state index contributed by atoms with van der Waals surface area (Å²) in [5, 5.41) is 3.49. The van der Waals surface area contributed by atoms with Crippen molar-refractivity contribution in [2.75, 3.05) is 31.5 Å². The van der Waals surface area contributed by atoms with Crippen LogP contribution in [0.2, 0.25) is 0 Å². The molecule has 1 spiro atoms. The van der Waals surface area contributed by atoms with E-state index < -0.39 is 0 Å². The molecule has 4 aliphatic rings. The van der Waals surface area contributed by atoms with Crippen molar-refractivity contribution < 1.29 is 9.13 Å². The fourth-order valence-corrected chi connectivity index (χ4v) is 5.35. The van der Waals surface area contributed by atoms with Gasteiger partial charge in [-0.05, 0) is 69.0 Å². The Morgan fingerprint density at radius 2 is 2.13 bits per heavy atom. The maximum absolute atomic E-state index is 13.7. The lowest BCUT2D eigenvalue weighted by atomic mass is 9.74. The first-order valence-corrected chi connectivity index (χ1v) is 9.14. The summed E-state index contributed by atoms with van der Waals surface area (Å²) >= 11 is 0. The average molecular weight is 316 g/mol. The van der Waals surface area contributed by atoms with Crippen molar-refractivity contribution in [1.82, 2.24) is 4.90 Å². The van der Waals surface area contributed by atoms with Crippen LogP contribution in [0, 0.1) is 11.7 Å². The number of halogens is 1. The lowest BCUT2D eigenvalue weighted by molar-refractivity contribution is 0.0768. The van der Waals surface area contributed by atoms with E-state index in [-0.39, 0.29) is 11.2 Å². The van der Waals surface area contributed by atoms with E-state index in [0.717, 1.165) is 44.1 Å². The molecule has 0 aliphatic carbocycles. The van der Waals surface area contributed by atoms with E-state index in [4.69, 9.17) is 4.74 Å². The number of nitrogens with one attached hydrogen (secondary N) is 1.